The van der Waals surface area contributed by atoms with Crippen LogP contribution in [0, 0.1) is 0 Å². The second-order valence-electron chi connectivity index (χ2n) is 3.03. The number of hydrogen-bond donors (Lipinski definition) is 1. The van der Waals surface area contributed by atoms with E-state index in [0.29, 0.717) is 5.69 Å². The van der Waals surface area contributed by atoms with Crippen molar-refractivity contribution in [1.29, 1.82) is 0 Å². The molecule has 13 heavy (non-hydrogen) atoms. The Bertz CT molecular complexity index is 239. The summed E-state index contributed by atoms with van der Waals surface area (Å²) in [6.07, 6.45) is 4.09. The lowest BCUT2D eigenvalue weighted by Gasteiger charge is -2.12. The van der Waals surface area contributed by atoms with Gasteiger partial charge in [-0.25, -0.2) is 0 Å². The van der Waals surface area contributed by atoms with Gasteiger partial charge in [0.2, 0.25) is 0 Å². The normalized spacial score (nSPS) is 13.2. The van der Waals surface area contributed by atoms with Crippen LogP contribution >= 0.6 is 0 Å². The smallest absolute Gasteiger partial charge is 0.121 e. The highest BCUT2D eigenvalue weighted by Crippen LogP contribution is 2.08. The molecule has 1 aromatic rings. The molecule has 1 heterocycles. The topological polar surface area (TPSA) is 55.2 Å². The number of nitrogens with zero attached hydrogens (tertiary/aromatic N) is 2. The van der Waals surface area contributed by atoms with Crippen molar-refractivity contribution in [2.24, 2.45) is 0 Å². The summed E-state index contributed by atoms with van der Waals surface area (Å²) in [7, 11) is 0. The minimum absolute atomic E-state index is 0.117. The summed E-state index contributed by atoms with van der Waals surface area (Å²) in [5.41, 5.74) is 0.545. The fraction of sp³-hybridized carbons (Fsp3) is 0.556. The van der Waals surface area contributed by atoms with Gasteiger partial charge >= 0.3 is 0 Å². The first-order valence-electron chi connectivity index (χ1n) is 4.25. The second-order valence-corrected chi connectivity index (χ2v) is 3.03. The maximum atomic E-state index is 9.54. The molecule has 1 rings (SSSR count). The van der Waals surface area contributed by atoms with E-state index < -0.39 is 6.10 Å². The summed E-state index contributed by atoms with van der Waals surface area (Å²) in [6, 6.07) is 0. The highest BCUT2D eigenvalue weighted by Gasteiger charge is 2.09. The van der Waals surface area contributed by atoms with Crippen LogP contribution in [0.3, 0.4) is 0 Å². The fourth-order valence-electron chi connectivity index (χ4n) is 0.852. The summed E-state index contributed by atoms with van der Waals surface area (Å²) in [5, 5.41) is 9.54. The molecule has 0 bridgehead atoms. The minimum Gasteiger partial charge on any atom is -0.384 e. The lowest BCUT2D eigenvalue weighted by atomic mass is 10.3. The lowest BCUT2D eigenvalue weighted by molar-refractivity contribution is 0.00312. The molecule has 1 atom stereocenters. The molecule has 4 nitrogen and oxygen atoms in total. The largest absolute Gasteiger partial charge is 0.384 e. The van der Waals surface area contributed by atoms with E-state index in [9.17, 15) is 5.11 Å². The van der Waals surface area contributed by atoms with Crippen molar-refractivity contribution in [2.75, 3.05) is 6.61 Å². The Morgan fingerprint density at radius 1 is 1.46 bits per heavy atom. The first-order valence-corrected chi connectivity index (χ1v) is 4.25. The van der Waals surface area contributed by atoms with Crippen LogP contribution in [0.2, 0.25) is 0 Å². The van der Waals surface area contributed by atoms with Crippen molar-refractivity contribution in [3.8, 4) is 0 Å². The first kappa shape index (κ1) is 10.1. The van der Waals surface area contributed by atoms with E-state index in [1.165, 1.54) is 6.20 Å². The molecule has 0 aliphatic carbocycles. The SMILES string of the molecule is CC(C)OCC(O)c1cnccn1. The third-order valence-electron chi connectivity index (χ3n) is 1.51. The fourth-order valence-corrected chi connectivity index (χ4v) is 0.852. The predicted molar refractivity (Wildman–Crippen MR) is 48.1 cm³/mol. The zero-order valence-corrected chi connectivity index (χ0v) is 7.84. The van der Waals surface area contributed by atoms with Gasteiger partial charge in [0.1, 0.15) is 6.10 Å². The van der Waals surface area contributed by atoms with Gasteiger partial charge in [-0.1, -0.05) is 0 Å². The standard InChI is InChI=1S/C9H14N2O2/c1-7(2)13-6-9(12)8-5-10-3-4-11-8/h3-5,7,9,12H,6H2,1-2H3. The van der Waals surface area contributed by atoms with Gasteiger partial charge in [0.25, 0.3) is 0 Å². The van der Waals surface area contributed by atoms with Crippen LogP contribution in [-0.2, 0) is 4.74 Å². The summed E-state index contributed by atoms with van der Waals surface area (Å²) >= 11 is 0. The van der Waals surface area contributed by atoms with Crippen LogP contribution in [0.15, 0.2) is 18.6 Å². The molecule has 0 saturated carbocycles. The summed E-state index contributed by atoms with van der Waals surface area (Å²) in [6.45, 7) is 4.10. The van der Waals surface area contributed by atoms with Gasteiger partial charge in [0.15, 0.2) is 0 Å². The molecule has 0 fully saturated rings. The molecule has 72 valence electrons. The Morgan fingerprint density at radius 2 is 2.23 bits per heavy atom. The summed E-state index contributed by atoms with van der Waals surface area (Å²) in [4.78, 5) is 7.82. The quantitative estimate of drug-likeness (QED) is 0.752. The van der Waals surface area contributed by atoms with Gasteiger partial charge in [-0.2, -0.15) is 0 Å². The van der Waals surface area contributed by atoms with E-state index in [4.69, 9.17) is 4.74 Å². The van der Waals surface area contributed by atoms with Gasteiger partial charge in [-0.3, -0.25) is 9.97 Å². The highest BCUT2D eigenvalue weighted by atomic mass is 16.5. The van der Waals surface area contributed by atoms with Crippen molar-refractivity contribution >= 4 is 0 Å². The monoisotopic (exact) mass is 182 g/mol. The molecule has 1 aromatic heterocycles. The summed E-state index contributed by atoms with van der Waals surface area (Å²) in [5.74, 6) is 0. The van der Waals surface area contributed by atoms with Crippen molar-refractivity contribution in [3.63, 3.8) is 0 Å². The molecular formula is C9H14N2O2. The zero-order valence-electron chi connectivity index (χ0n) is 7.84. The number of aliphatic hydroxyl groups is 1. The van der Waals surface area contributed by atoms with Gasteiger partial charge in [0.05, 0.1) is 24.6 Å². The van der Waals surface area contributed by atoms with Crippen LogP contribution in [-0.4, -0.2) is 27.8 Å². The molecule has 0 spiro atoms. The molecule has 1 unspecified atom stereocenters. The van der Waals surface area contributed by atoms with Gasteiger partial charge < -0.3 is 9.84 Å². The third-order valence-corrected chi connectivity index (χ3v) is 1.51. The van der Waals surface area contributed by atoms with E-state index in [-0.39, 0.29) is 12.7 Å². The van der Waals surface area contributed by atoms with E-state index >= 15 is 0 Å². The number of ether oxygens (including phenoxy) is 1. The van der Waals surface area contributed by atoms with Crippen molar-refractivity contribution in [2.45, 2.75) is 26.1 Å². The number of hydrogen-bond acceptors (Lipinski definition) is 4. The van der Waals surface area contributed by atoms with Crippen LogP contribution in [0.4, 0.5) is 0 Å². The van der Waals surface area contributed by atoms with Crippen LogP contribution < -0.4 is 0 Å². The van der Waals surface area contributed by atoms with E-state index in [1.54, 1.807) is 12.4 Å². The Kier molecular flexibility index (Phi) is 3.79. The Morgan fingerprint density at radius 3 is 2.77 bits per heavy atom. The Labute approximate surface area is 77.6 Å². The molecule has 0 radical (unpaired) electrons. The number of aromatic nitrogens is 2. The zero-order chi connectivity index (χ0) is 9.68. The molecule has 4 heteroatoms. The maximum absolute atomic E-state index is 9.54. The van der Waals surface area contributed by atoms with Crippen molar-refractivity contribution in [3.05, 3.63) is 24.3 Å². The minimum atomic E-state index is -0.684. The Hall–Kier alpha value is -1.00. The summed E-state index contributed by atoms with van der Waals surface area (Å²) < 4.78 is 5.24. The lowest BCUT2D eigenvalue weighted by Crippen LogP contribution is -2.13. The number of rotatable bonds is 4. The highest BCUT2D eigenvalue weighted by molar-refractivity contribution is 4.98. The molecule has 0 saturated heterocycles. The van der Waals surface area contributed by atoms with Crippen molar-refractivity contribution in [1.82, 2.24) is 9.97 Å². The molecular weight excluding hydrogens is 168 g/mol. The molecule has 0 aromatic carbocycles. The van der Waals surface area contributed by atoms with E-state index in [2.05, 4.69) is 9.97 Å². The van der Waals surface area contributed by atoms with Crippen LogP contribution in [0.25, 0.3) is 0 Å². The number of aliphatic hydroxyl groups excluding tert-OH is 1. The van der Waals surface area contributed by atoms with Crippen LogP contribution in [0.5, 0.6) is 0 Å². The second kappa shape index (κ2) is 4.89. The molecule has 0 aliphatic rings. The first-order chi connectivity index (χ1) is 6.20. The van der Waals surface area contributed by atoms with Gasteiger partial charge in [-0.05, 0) is 13.8 Å². The maximum Gasteiger partial charge on any atom is 0.121 e. The van der Waals surface area contributed by atoms with Crippen molar-refractivity contribution < 1.29 is 9.84 Å². The Balaban J connectivity index is 2.44. The van der Waals surface area contributed by atoms with E-state index in [0.717, 1.165) is 0 Å². The molecule has 1 N–H and O–H groups in total. The average Bonchev–Trinajstić information content (AvgIpc) is 2.15. The average molecular weight is 182 g/mol. The van der Waals surface area contributed by atoms with Gasteiger partial charge in [-0.15, -0.1) is 0 Å². The molecule has 0 amide bonds. The van der Waals surface area contributed by atoms with Crippen LogP contribution in [0.1, 0.15) is 25.6 Å². The molecule has 0 aliphatic heterocycles. The predicted octanol–water partition coefficient (Wildman–Crippen LogP) is 0.935. The van der Waals surface area contributed by atoms with E-state index in [1.807, 2.05) is 13.8 Å². The van der Waals surface area contributed by atoms with Gasteiger partial charge in [0, 0.05) is 12.4 Å². The third kappa shape index (κ3) is 3.48.